The predicted molar refractivity (Wildman–Crippen MR) is 77.0 cm³/mol. The molecule has 0 aliphatic carbocycles. The van der Waals surface area contributed by atoms with Crippen LogP contribution in [0.3, 0.4) is 0 Å². The summed E-state index contributed by atoms with van der Waals surface area (Å²) in [4.78, 5) is 2.40. The Kier molecular flexibility index (Phi) is 3.03. The Labute approximate surface area is 113 Å². The van der Waals surface area contributed by atoms with Crippen molar-refractivity contribution in [2.45, 2.75) is 26.4 Å². The molecule has 1 aliphatic rings. The van der Waals surface area contributed by atoms with Gasteiger partial charge in [0.2, 0.25) is 0 Å². The van der Waals surface area contributed by atoms with Crippen LogP contribution in [0.5, 0.6) is 0 Å². The van der Waals surface area contributed by atoms with Gasteiger partial charge in [0.1, 0.15) is 5.82 Å². The molecule has 3 rings (SSSR count). The Morgan fingerprint density at radius 3 is 2.42 bits per heavy atom. The molecule has 4 nitrogen and oxygen atoms in total. The molecule has 0 atom stereocenters. The zero-order valence-corrected chi connectivity index (χ0v) is 11.6. The SMILES string of the molecule is Cc1nn(C)c(N2Cc3ccccc3C2)c1CCN. The molecular weight excluding hydrogens is 236 g/mol. The molecule has 2 heterocycles. The molecular formula is C15H20N4. The Hall–Kier alpha value is -1.81. The van der Waals surface area contributed by atoms with Crippen molar-refractivity contribution in [3.63, 3.8) is 0 Å². The van der Waals surface area contributed by atoms with Crippen LogP contribution in [-0.4, -0.2) is 16.3 Å². The Morgan fingerprint density at radius 2 is 1.84 bits per heavy atom. The number of aryl methyl sites for hydroxylation is 2. The summed E-state index contributed by atoms with van der Waals surface area (Å²) in [6, 6.07) is 8.64. The first-order valence-electron chi connectivity index (χ1n) is 6.75. The minimum Gasteiger partial charge on any atom is -0.348 e. The summed E-state index contributed by atoms with van der Waals surface area (Å²) in [5.74, 6) is 1.22. The summed E-state index contributed by atoms with van der Waals surface area (Å²) >= 11 is 0. The van der Waals surface area contributed by atoms with Crippen molar-refractivity contribution >= 4 is 5.82 Å². The molecule has 0 fully saturated rings. The number of hydrogen-bond donors (Lipinski definition) is 1. The molecule has 19 heavy (non-hydrogen) atoms. The molecule has 1 aliphatic heterocycles. The summed E-state index contributed by atoms with van der Waals surface area (Å²) in [5.41, 5.74) is 11.0. The first-order chi connectivity index (χ1) is 9.20. The third-order valence-electron chi connectivity index (χ3n) is 3.85. The highest BCUT2D eigenvalue weighted by Gasteiger charge is 2.24. The molecule has 0 unspecified atom stereocenters. The van der Waals surface area contributed by atoms with Gasteiger partial charge in [0.05, 0.1) is 5.69 Å². The second-order valence-electron chi connectivity index (χ2n) is 5.17. The average Bonchev–Trinajstić information content (AvgIpc) is 2.91. The highest BCUT2D eigenvalue weighted by atomic mass is 15.4. The Morgan fingerprint density at radius 1 is 1.21 bits per heavy atom. The van der Waals surface area contributed by atoms with E-state index in [4.69, 9.17) is 5.73 Å². The third kappa shape index (κ3) is 2.02. The van der Waals surface area contributed by atoms with Gasteiger partial charge in [0.25, 0.3) is 0 Å². The smallest absolute Gasteiger partial charge is 0.130 e. The van der Waals surface area contributed by atoms with E-state index in [1.807, 2.05) is 11.7 Å². The summed E-state index contributed by atoms with van der Waals surface area (Å²) in [6.45, 7) is 4.66. The monoisotopic (exact) mass is 256 g/mol. The first-order valence-corrected chi connectivity index (χ1v) is 6.75. The third-order valence-corrected chi connectivity index (χ3v) is 3.85. The standard InChI is InChI=1S/C15H20N4/c1-11-14(7-8-16)15(18(2)17-11)19-9-12-5-3-4-6-13(12)10-19/h3-6H,7-10,16H2,1-2H3. The number of fused-ring (bicyclic) bond motifs is 1. The molecule has 1 aromatic heterocycles. The van der Waals surface area contributed by atoms with E-state index in [2.05, 4.69) is 41.2 Å². The fourth-order valence-electron chi connectivity index (χ4n) is 3.01. The van der Waals surface area contributed by atoms with Crippen molar-refractivity contribution in [3.8, 4) is 0 Å². The van der Waals surface area contributed by atoms with Gasteiger partial charge in [-0.15, -0.1) is 0 Å². The maximum Gasteiger partial charge on any atom is 0.130 e. The number of rotatable bonds is 3. The molecule has 4 heteroatoms. The van der Waals surface area contributed by atoms with E-state index in [-0.39, 0.29) is 0 Å². The molecule has 2 N–H and O–H groups in total. The van der Waals surface area contributed by atoms with Crippen molar-refractivity contribution in [3.05, 3.63) is 46.6 Å². The van der Waals surface area contributed by atoms with Gasteiger partial charge < -0.3 is 10.6 Å². The molecule has 0 bridgehead atoms. The van der Waals surface area contributed by atoms with Gasteiger partial charge in [-0.05, 0) is 31.0 Å². The maximum absolute atomic E-state index is 5.73. The van der Waals surface area contributed by atoms with E-state index in [1.165, 1.54) is 22.5 Å². The van der Waals surface area contributed by atoms with E-state index in [0.29, 0.717) is 6.54 Å². The van der Waals surface area contributed by atoms with Crippen LogP contribution < -0.4 is 10.6 Å². The van der Waals surface area contributed by atoms with Crippen LogP contribution in [0.25, 0.3) is 0 Å². The van der Waals surface area contributed by atoms with Gasteiger partial charge in [0.15, 0.2) is 0 Å². The number of nitrogens with two attached hydrogens (primary N) is 1. The second-order valence-corrected chi connectivity index (χ2v) is 5.17. The van der Waals surface area contributed by atoms with Crippen LogP contribution in [0, 0.1) is 6.92 Å². The maximum atomic E-state index is 5.73. The zero-order chi connectivity index (χ0) is 13.4. The molecule has 0 saturated carbocycles. The van der Waals surface area contributed by atoms with Gasteiger partial charge in [-0.1, -0.05) is 24.3 Å². The van der Waals surface area contributed by atoms with Crippen LogP contribution in [0.1, 0.15) is 22.4 Å². The van der Waals surface area contributed by atoms with Crippen molar-refractivity contribution < 1.29 is 0 Å². The number of benzene rings is 1. The van der Waals surface area contributed by atoms with Gasteiger partial charge in [-0.25, -0.2) is 0 Å². The Bertz CT molecular complexity index is 575. The summed E-state index contributed by atoms with van der Waals surface area (Å²) < 4.78 is 1.99. The summed E-state index contributed by atoms with van der Waals surface area (Å²) in [5, 5.41) is 4.56. The predicted octanol–water partition coefficient (Wildman–Crippen LogP) is 1.75. The normalized spacial score (nSPS) is 13.9. The zero-order valence-electron chi connectivity index (χ0n) is 11.6. The van der Waals surface area contributed by atoms with Gasteiger partial charge >= 0.3 is 0 Å². The number of hydrogen-bond acceptors (Lipinski definition) is 3. The molecule has 0 radical (unpaired) electrons. The quantitative estimate of drug-likeness (QED) is 0.910. The first kappa shape index (κ1) is 12.2. The minimum atomic E-state index is 0.667. The lowest BCUT2D eigenvalue weighted by Gasteiger charge is -2.19. The van der Waals surface area contributed by atoms with Crippen molar-refractivity contribution in [2.75, 3.05) is 11.4 Å². The van der Waals surface area contributed by atoms with E-state index in [0.717, 1.165) is 25.2 Å². The van der Waals surface area contributed by atoms with E-state index >= 15 is 0 Å². The lowest BCUT2D eigenvalue weighted by atomic mass is 10.1. The highest BCUT2D eigenvalue weighted by molar-refractivity contribution is 5.54. The van der Waals surface area contributed by atoms with E-state index in [1.54, 1.807) is 0 Å². The van der Waals surface area contributed by atoms with E-state index in [9.17, 15) is 0 Å². The van der Waals surface area contributed by atoms with Crippen LogP contribution in [0.15, 0.2) is 24.3 Å². The van der Waals surface area contributed by atoms with Crippen LogP contribution in [0.2, 0.25) is 0 Å². The Balaban J connectivity index is 1.97. The van der Waals surface area contributed by atoms with Gasteiger partial charge in [-0.3, -0.25) is 4.68 Å². The lowest BCUT2D eigenvalue weighted by molar-refractivity contribution is 0.713. The van der Waals surface area contributed by atoms with Crippen molar-refractivity contribution in [2.24, 2.45) is 12.8 Å². The topological polar surface area (TPSA) is 47.1 Å². The summed E-state index contributed by atoms with van der Waals surface area (Å²) in [6.07, 6.45) is 0.891. The number of anilines is 1. The van der Waals surface area contributed by atoms with Gasteiger partial charge in [0, 0.05) is 25.7 Å². The average molecular weight is 256 g/mol. The van der Waals surface area contributed by atoms with Crippen molar-refractivity contribution in [1.82, 2.24) is 9.78 Å². The van der Waals surface area contributed by atoms with Crippen LogP contribution >= 0.6 is 0 Å². The molecule has 2 aromatic rings. The minimum absolute atomic E-state index is 0.667. The molecule has 0 saturated heterocycles. The lowest BCUT2D eigenvalue weighted by Crippen LogP contribution is -2.20. The molecule has 100 valence electrons. The number of nitrogens with zero attached hydrogens (tertiary/aromatic N) is 3. The second kappa shape index (κ2) is 4.70. The highest BCUT2D eigenvalue weighted by Crippen LogP contribution is 2.31. The van der Waals surface area contributed by atoms with Gasteiger partial charge in [-0.2, -0.15) is 5.10 Å². The fourth-order valence-corrected chi connectivity index (χ4v) is 3.01. The molecule has 0 amide bonds. The fraction of sp³-hybridized carbons (Fsp3) is 0.400. The van der Waals surface area contributed by atoms with E-state index < -0.39 is 0 Å². The summed E-state index contributed by atoms with van der Waals surface area (Å²) in [7, 11) is 2.02. The molecule has 1 aromatic carbocycles. The van der Waals surface area contributed by atoms with Crippen molar-refractivity contribution in [1.29, 1.82) is 0 Å². The largest absolute Gasteiger partial charge is 0.348 e. The van der Waals surface area contributed by atoms with Crippen LogP contribution in [-0.2, 0) is 26.6 Å². The molecule has 0 spiro atoms. The van der Waals surface area contributed by atoms with Crippen LogP contribution in [0.4, 0.5) is 5.82 Å². The number of aromatic nitrogens is 2.